The second-order valence-corrected chi connectivity index (χ2v) is 11.5. The van der Waals surface area contributed by atoms with Gasteiger partial charge in [0.25, 0.3) is 0 Å². The largest absolute Gasteiger partial charge is 0.379 e. The monoisotopic (exact) mass is 486 g/mol. The highest BCUT2D eigenvalue weighted by Gasteiger charge is 2.28. The third kappa shape index (κ3) is 5.21. The van der Waals surface area contributed by atoms with Crippen LogP contribution in [0.5, 0.6) is 5.75 Å². The van der Waals surface area contributed by atoms with Crippen LogP contribution in [0.25, 0.3) is 0 Å². The Morgan fingerprint density at radius 2 is 1.12 bits per heavy atom. The molecular formula is C24H26N2O5S2. The molecule has 1 heterocycles. The Morgan fingerprint density at radius 3 is 1.64 bits per heavy atom. The van der Waals surface area contributed by atoms with E-state index in [0.29, 0.717) is 31.1 Å². The maximum atomic E-state index is 12.9. The molecule has 33 heavy (non-hydrogen) atoms. The van der Waals surface area contributed by atoms with Gasteiger partial charge in [0.1, 0.15) is 10.6 Å². The van der Waals surface area contributed by atoms with Gasteiger partial charge >= 0.3 is 10.1 Å². The van der Waals surface area contributed by atoms with Crippen molar-refractivity contribution in [2.45, 2.75) is 23.6 Å². The van der Waals surface area contributed by atoms with Gasteiger partial charge in [-0.3, -0.25) is 0 Å². The van der Waals surface area contributed by atoms with E-state index in [1.165, 1.54) is 16.4 Å². The zero-order chi connectivity index (χ0) is 23.6. The lowest BCUT2D eigenvalue weighted by atomic mass is 10.2. The van der Waals surface area contributed by atoms with Crippen LogP contribution in [0.2, 0.25) is 0 Å². The Bertz CT molecular complexity index is 1310. The minimum absolute atomic E-state index is 0.100. The number of anilines is 1. The third-order valence-corrected chi connectivity index (χ3v) is 8.79. The van der Waals surface area contributed by atoms with Gasteiger partial charge in [-0.1, -0.05) is 35.4 Å². The fraction of sp³-hybridized carbons (Fsp3) is 0.250. The van der Waals surface area contributed by atoms with Gasteiger partial charge in [0.05, 0.1) is 4.90 Å². The van der Waals surface area contributed by atoms with Gasteiger partial charge in [0.15, 0.2) is 0 Å². The lowest BCUT2D eigenvalue weighted by Gasteiger charge is -2.35. The van der Waals surface area contributed by atoms with Crippen LogP contribution in [-0.2, 0) is 20.1 Å². The minimum atomic E-state index is -3.91. The number of hydrogen-bond acceptors (Lipinski definition) is 6. The molecule has 3 aromatic rings. The number of rotatable bonds is 6. The van der Waals surface area contributed by atoms with Gasteiger partial charge in [0, 0.05) is 31.9 Å². The van der Waals surface area contributed by atoms with Crippen LogP contribution in [0.3, 0.4) is 0 Å². The molecule has 7 nitrogen and oxygen atoms in total. The Morgan fingerprint density at radius 1 is 0.636 bits per heavy atom. The van der Waals surface area contributed by atoms with Crippen LogP contribution in [-0.4, -0.2) is 47.3 Å². The van der Waals surface area contributed by atoms with E-state index in [9.17, 15) is 16.8 Å². The van der Waals surface area contributed by atoms with Gasteiger partial charge in [-0.05, 0) is 62.4 Å². The van der Waals surface area contributed by atoms with E-state index in [2.05, 4.69) is 4.90 Å². The molecule has 0 radical (unpaired) electrons. The molecule has 0 atom stereocenters. The molecule has 1 aliphatic rings. The van der Waals surface area contributed by atoms with Crippen molar-refractivity contribution in [3.63, 3.8) is 0 Å². The van der Waals surface area contributed by atoms with Gasteiger partial charge in [-0.15, -0.1) is 0 Å². The highest BCUT2D eigenvalue weighted by molar-refractivity contribution is 7.89. The summed E-state index contributed by atoms with van der Waals surface area (Å²) in [6.45, 7) is 5.61. The van der Waals surface area contributed by atoms with Crippen molar-refractivity contribution in [1.29, 1.82) is 0 Å². The molecule has 1 saturated heterocycles. The first-order valence-corrected chi connectivity index (χ1v) is 13.4. The Labute approximate surface area is 195 Å². The van der Waals surface area contributed by atoms with E-state index < -0.39 is 20.1 Å². The number of nitrogens with zero attached hydrogens (tertiary/aromatic N) is 2. The fourth-order valence-electron chi connectivity index (χ4n) is 3.64. The van der Waals surface area contributed by atoms with Crippen LogP contribution in [0, 0.1) is 13.8 Å². The molecule has 0 amide bonds. The molecule has 3 aromatic carbocycles. The summed E-state index contributed by atoms with van der Waals surface area (Å²) in [7, 11) is -7.43. The first-order valence-electron chi connectivity index (χ1n) is 10.6. The molecule has 0 N–H and O–H groups in total. The van der Waals surface area contributed by atoms with E-state index in [0.717, 1.165) is 16.8 Å². The average Bonchev–Trinajstić information content (AvgIpc) is 2.80. The molecule has 1 aliphatic heterocycles. The highest BCUT2D eigenvalue weighted by atomic mass is 32.2. The Kier molecular flexibility index (Phi) is 6.47. The van der Waals surface area contributed by atoms with E-state index >= 15 is 0 Å². The van der Waals surface area contributed by atoms with E-state index in [4.69, 9.17) is 4.18 Å². The van der Waals surface area contributed by atoms with Crippen LogP contribution < -0.4 is 9.08 Å². The van der Waals surface area contributed by atoms with Crippen LogP contribution in [0.1, 0.15) is 11.1 Å². The topological polar surface area (TPSA) is 84.0 Å². The van der Waals surface area contributed by atoms with Crippen molar-refractivity contribution in [1.82, 2.24) is 4.31 Å². The van der Waals surface area contributed by atoms with Crippen LogP contribution >= 0.6 is 0 Å². The summed E-state index contributed by atoms with van der Waals surface area (Å²) in [4.78, 5) is 2.47. The predicted molar refractivity (Wildman–Crippen MR) is 128 cm³/mol. The van der Waals surface area contributed by atoms with Crippen molar-refractivity contribution < 1.29 is 21.0 Å². The van der Waals surface area contributed by atoms with Crippen LogP contribution in [0.4, 0.5) is 5.69 Å². The van der Waals surface area contributed by atoms with Gasteiger partial charge < -0.3 is 9.08 Å². The van der Waals surface area contributed by atoms with Gasteiger partial charge in [-0.25, -0.2) is 8.42 Å². The highest BCUT2D eigenvalue weighted by Crippen LogP contribution is 2.25. The molecular weight excluding hydrogens is 460 g/mol. The first kappa shape index (κ1) is 23.3. The Hall–Kier alpha value is -2.88. The number of sulfonamides is 1. The van der Waals surface area contributed by atoms with Crippen molar-refractivity contribution in [2.24, 2.45) is 0 Å². The second-order valence-electron chi connectivity index (χ2n) is 8.05. The maximum absolute atomic E-state index is 12.9. The quantitative estimate of drug-likeness (QED) is 0.495. The molecule has 0 saturated carbocycles. The molecule has 4 rings (SSSR count). The first-order chi connectivity index (χ1) is 15.6. The minimum Gasteiger partial charge on any atom is -0.379 e. The zero-order valence-corrected chi connectivity index (χ0v) is 20.1. The maximum Gasteiger partial charge on any atom is 0.339 e. The average molecular weight is 487 g/mol. The lowest BCUT2D eigenvalue weighted by Crippen LogP contribution is -2.48. The summed E-state index contributed by atoms with van der Waals surface area (Å²) < 4.78 is 57.5. The fourth-order valence-corrected chi connectivity index (χ4v) is 5.99. The summed E-state index contributed by atoms with van der Waals surface area (Å²) in [5, 5.41) is 0. The van der Waals surface area contributed by atoms with E-state index in [-0.39, 0.29) is 10.6 Å². The summed E-state index contributed by atoms with van der Waals surface area (Å²) in [6.07, 6.45) is 0. The molecule has 0 unspecified atom stereocenters. The Balaban J connectivity index is 1.39. The molecule has 9 heteroatoms. The summed E-state index contributed by atoms with van der Waals surface area (Å²) >= 11 is 0. The third-order valence-electron chi connectivity index (χ3n) is 5.61. The molecule has 0 spiro atoms. The number of benzene rings is 3. The summed E-state index contributed by atoms with van der Waals surface area (Å²) in [6, 6.07) is 20.1. The van der Waals surface area contributed by atoms with E-state index in [1.54, 1.807) is 60.7 Å². The number of piperazine rings is 1. The van der Waals surface area contributed by atoms with E-state index in [1.807, 2.05) is 13.8 Å². The molecule has 0 aliphatic carbocycles. The smallest absolute Gasteiger partial charge is 0.339 e. The normalized spacial score (nSPS) is 15.4. The van der Waals surface area contributed by atoms with Crippen molar-refractivity contribution in [2.75, 3.05) is 31.1 Å². The molecule has 0 bridgehead atoms. The predicted octanol–water partition coefficient (Wildman–Crippen LogP) is 3.58. The molecule has 174 valence electrons. The van der Waals surface area contributed by atoms with Crippen LogP contribution in [0.15, 0.2) is 82.6 Å². The van der Waals surface area contributed by atoms with Crippen molar-refractivity contribution >= 4 is 25.8 Å². The number of hydrogen-bond donors (Lipinski definition) is 0. The lowest BCUT2D eigenvalue weighted by molar-refractivity contribution is 0.385. The standard InChI is InChI=1S/C24H26N2O5S2/c1-19-3-11-23(12-4-19)32(27,28)26-17-15-25(16-18-26)21-7-9-22(10-8-21)31-33(29,30)24-13-5-20(2)6-14-24/h3-14H,15-18H2,1-2H3. The molecule has 1 fully saturated rings. The summed E-state index contributed by atoms with van der Waals surface area (Å²) in [5.74, 6) is 0.222. The van der Waals surface area contributed by atoms with Crippen molar-refractivity contribution in [3.8, 4) is 5.75 Å². The zero-order valence-electron chi connectivity index (χ0n) is 18.5. The van der Waals surface area contributed by atoms with Crippen molar-refractivity contribution in [3.05, 3.63) is 83.9 Å². The number of aryl methyl sites for hydroxylation is 2. The second kappa shape index (κ2) is 9.17. The summed E-state index contributed by atoms with van der Waals surface area (Å²) in [5.41, 5.74) is 2.85. The van der Waals surface area contributed by atoms with Gasteiger partial charge in [-0.2, -0.15) is 12.7 Å². The SMILES string of the molecule is Cc1ccc(S(=O)(=O)Oc2ccc(N3CCN(S(=O)(=O)c4ccc(C)cc4)CC3)cc2)cc1. The molecule has 0 aromatic heterocycles. The van der Waals surface area contributed by atoms with Gasteiger partial charge in [0.2, 0.25) is 10.0 Å².